The van der Waals surface area contributed by atoms with E-state index < -0.39 is 0 Å². The van der Waals surface area contributed by atoms with Crippen LogP contribution in [-0.2, 0) is 0 Å². The summed E-state index contributed by atoms with van der Waals surface area (Å²) in [6.45, 7) is 3.46. The largest absolute Gasteiger partial charge is 0.493 e. The number of ether oxygens (including phenoxy) is 3. The third-order valence-electron chi connectivity index (χ3n) is 4.97. The van der Waals surface area contributed by atoms with Gasteiger partial charge in [0.2, 0.25) is 0 Å². The molecule has 2 aromatic carbocycles. The van der Waals surface area contributed by atoms with Crippen molar-refractivity contribution in [2.75, 3.05) is 14.2 Å². The second kappa shape index (κ2) is 8.44. The normalized spacial score (nSPS) is 10.7. The fourth-order valence-corrected chi connectivity index (χ4v) is 3.37. The second-order valence-corrected chi connectivity index (χ2v) is 7.07. The lowest BCUT2D eigenvalue weighted by Crippen LogP contribution is -1.97. The number of Topliss-reactive ketones (excluding diaryl/α,β-unsaturated/α-hetero) is 1. The number of nitrogens with zero attached hydrogens (tertiary/aromatic N) is 2. The number of methoxy groups -OCH3 is 2. The summed E-state index contributed by atoms with van der Waals surface area (Å²) < 4.78 is 17.1. The number of rotatable bonds is 6. The van der Waals surface area contributed by atoms with E-state index >= 15 is 0 Å². The number of ketones is 1. The van der Waals surface area contributed by atoms with Crippen LogP contribution in [0.2, 0.25) is 0 Å². The number of carbonyl (C=O) groups excluding carboxylic acids is 1. The van der Waals surface area contributed by atoms with Crippen molar-refractivity contribution in [2.45, 2.75) is 13.8 Å². The first-order valence-corrected chi connectivity index (χ1v) is 9.77. The predicted octanol–water partition coefficient (Wildman–Crippen LogP) is 5.62. The lowest BCUT2D eigenvalue weighted by molar-refractivity contribution is 0.101. The third-order valence-corrected chi connectivity index (χ3v) is 4.97. The summed E-state index contributed by atoms with van der Waals surface area (Å²) in [6.07, 6.45) is 1.68. The second-order valence-electron chi connectivity index (χ2n) is 7.07. The molecular weight excluding hydrogens is 392 g/mol. The molecule has 2 heterocycles. The summed E-state index contributed by atoms with van der Waals surface area (Å²) >= 11 is 0. The van der Waals surface area contributed by atoms with Crippen LogP contribution in [-0.4, -0.2) is 30.0 Å². The number of hydrogen-bond acceptors (Lipinski definition) is 6. The Morgan fingerprint density at radius 3 is 2.39 bits per heavy atom. The molecule has 0 saturated heterocycles. The van der Waals surface area contributed by atoms with E-state index in [9.17, 15) is 4.79 Å². The average Bonchev–Trinajstić information content (AvgIpc) is 2.79. The number of pyridine rings is 2. The lowest BCUT2D eigenvalue weighted by atomic mass is 10.0. The Labute approximate surface area is 180 Å². The van der Waals surface area contributed by atoms with Crippen molar-refractivity contribution in [3.05, 3.63) is 72.1 Å². The number of benzene rings is 2. The molecule has 0 N–H and O–H groups in total. The molecule has 0 amide bonds. The van der Waals surface area contributed by atoms with Crippen LogP contribution in [0, 0.1) is 6.92 Å². The predicted molar refractivity (Wildman–Crippen MR) is 119 cm³/mol. The van der Waals surface area contributed by atoms with Crippen molar-refractivity contribution >= 4 is 16.7 Å². The molecule has 0 aliphatic heterocycles. The van der Waals surface area contributed by atoms with Gasteiger partial charge < -0.3 is 14.2 Å². The minimum absolute atomic E-state index is 0.00172. The smallest absolute Gasteiger partial charge is 0.162 e. The van der Waals surface area contributed by atoms with E-state index in [-0.39, 0.29) is 5.78 Å². The van der Waals surface area contributed by atoms with Gasteiger partial charge in [0.05, 0.1) is 19.7 Å². The molecule has 0 aliphatic carbocycles. The van der Waals surface area contributed by atoms with Gasteiger partial charge in [-0.25, -0.2) is 4.98 Å². The van der Waals surface area contributed by atoms with Crippen LogP contribution in [0.5, 0.6) is 23.0 Å². The summed E-state index contributed by atoms with van der Waals surface area (Å²) in [5.74, 6) is 2.37. The maximum atomic E-state index is 11.9. The number of fused-ring (bicyclic) bond motifs is 1. The minimum atomic E-state index is -0.00172. The molecule has 0 aliphatic rings. The van der Waals surface area contributed by atoms with Crippen molar-refractivity contribution in [3.8, 4) is 34.3 Å². The number of hydrogen-bond donors (Lipinski definition) is 0. The number of carbonyl (C=O) groups is 1. The van der Waals surface area contributed by atoms with Crippen molar-refractivity contribution in [1.29, 1.82) is 0 Å². The monoisotopic (exact) mass is 414 g/mol. The first kappa shape index (κ1) is 20.3. The third kappa shape index (κ3) is 4.05. The van der Waals surface area contributed by atoms with Crippen molar-refractivity contribution in [2.24, 2.45) is 0 Å². The zero-order valence-corrected chi connectivity index (χ0v) is 17.8. The molecule has 6 nitrogen and oxygen atoms in total. The molecule has 0 saturated carbocycles. The highest BCUT2D eigenvalue weighted by atomic mass is 16.5. The molecule has 6 heteroatoms. The van der Waals surface area contributed by atoms with Gasteiger partial charge in [0.25, 0.3) is 0 Å². The maximum absolute atomic E-state index is 11.9. The van der Waals surface area contributed by atoms with Crippen LogP contribution in [0.3, 0.4) is 0 Å². The van der Waals surface area contributed by atoms with E-state index in [1.165, 1.54) is 0 Å². The molecule has 0 spiro atoms. The van der Waals surface area contributed by atoms with Crippen LogP contribution < -0.4 is 14.2 Å². The van der Waals surface area contributed by atoms with Crippen molar-refractivity contribution in [3.63, 3.8) is 0 Å². The Bertz CT molecular complexity index is 1280. The molecule has 156 valence electrons. The lowest BCUT2D eigenvalue weighted by Gasteiger charge is -2.15. The fraction of sp³-hybridized carbons (Fsp3) is 0.160. The summed E-state index contributed by atoms with van der Waals surface area (Å²) in [5, 5.41) is 0.782. The summed E-state index contributed by atoms with van der Waals surface area (Å²) in [6, 6.07) is 16.6. The molecule has 0 radical (unpaired) electrons. The standard InChI is InChI=1S/C25H22N2O4/c1-15-8-9-22(25(27-15)18-7-5-6-17(12-18)16(2)28)31-21-10-11-26-20-14-24(30-4)23(29-3)13-19(20)21/h5-14H,1-4H3. The van der Waals surface area contributed by atoms with Gasteiger partial charge in [-0.3, -0.25) is 9.78 Å². The average molecular weight is 414 g/mol. The van der Waals surface area contributed by atoms with Gasteiger partial charge in [0.15, 0.2) is 23.0 Å². The molecular formula is C25H22N2O4. The zero-order chi connectivity index (χ0) is 22.0. The van der Waals surface area contributed by atoms with Gasteiger partial charge in [-0.15, -0.1) is 0 Å². The summed E-state index contributed by atoms with van der Waals surface area (Å²) in [5.41, 5.74) is 3.66. The van der Waals surface area contributed by atoms with Crippen LogP contribution in [0.1, 0.15) is 23.0 Å². The SMILES string of the molecule is COc1cc2nccc(Oc3ccc(C)nc3-c3cccc(C(C)=O)c3)c2cc1OC. The van der Waals surface area contributed by atoms with Crippen LogP contribution in [0.25, 0.3) is 22.2 Å². The van der Waals surface area contributed by atoms with E-state index in [0.717, 1.165) is 22.2 Å². The Morgan fingerprint density at radius 1 is 0.871 bits per heavy atom. The molecule has 2 aromatic heterocycles. The summed E-state index contributed by atoms with van der Waals surface area (Å²) in [4.78, 5) is 21.0. The van der Waals surface area contributed by atoms with E-state index in [2.05, 4.69) is 9.97 Å². The molecule has 0 unspecified atom stereocenters. The fourth-order valence-electron chi connectivity index (χ4n) is 3.37. The maximum Gasteiger partial charge on any atom is 0.162 e. The minimum Gasteiger partial charge on any atom is -0.493 e. The molecule has 4 aromatic rings. The highest BCUT2D eigenvalue weighted by Crippen LogP contribution is 2.39. The van der Waals surface area contributed by atoms with Crippen LogP contribution >= 0.6 is 0 Å². The zero-order valence-electron chi connectivity index (χ0n) is 17.8. The van der Waals surface area contributed by atoms with Crippen LogP contribution in [0.4, 0.5) is 0 Å². The van der Waals surface area contributed by atoms with Gasteiger partial charge in [-0.1, -0.05) is 18.2 Å². The molecule has 31 heavy (non-hydrogen) atoms. The molecule has 0 fully saturated rings. The van der Waals surface area contributed by atoms with Gasteiger partial charge in [-0.2, -0.15) is 0 Å². The Hall–Kier alpha value is -3.93. The van der Waals surface area contributed by atoms with Crippen molar-refractivity contribution < 1.29 is 19.0 Å². The van der Waals surface area contributed by atoms with Gasteiger partial charge >= 0.3 is 0 Å². The summed E-state index contributed by atoms with van der Waals surface area (Å²) in [7, 11) is 3.17. The molecule has 0 bridgehead atoms. The van der Waals surface area contributed by atoms with Gasteiger partial charge in [0, 0.05) is 34.5 Å². The van der Waals surface area contributed by atoms with E-state index in [1.807, 2.05) is 49.4 Å². The topological polar surface area (TPSA) is 70.5 Å². The molecule has 4 rings (SSSR count). The molecule has 0 atom stereocenters. The Kier molecular flexibility index (Phi) is 5.54. The van der Waals surface area contributed by atoms with E-state index in [0.29, 0.717) is 34.3 Å². The number of aromatic nitrogens is 2. The quantitative estimate of drug-likeness (QED) is 0.382. The first-order valence-electron chi connectivity index (χ1n) is 9.77. The number of aryl methyl sites for hydroxylation is 1. The van der Waals surface area contributed by atoms with Gasteiger partial charge in [-0.05, 0) is 44.2 Å². The van der Waals surface area contributed by atoms with Crippen LogP contribution in [0.15, 0.2) is 60.8 Å². The first-order chi connectivity index (χ1) is 15.0. The van der Waals surface area contributed by atoms with Gasteiger partial charge in [0.1, 0.15) is 11.4 Å². The van der Waals surface area contributed by atoms with E-state index in [1.54, 1.807) is 39.5 Å². The highest BCUT2D eigenvalue weighted by molar-refractivity contribution is 5.95. The van der Waals surface area contributed by atoms with Crippen molar-refractivity contribution in [1.82, 2.24) is 9.97 Å². The Balaban J connectivity index is 1.83. The van der Waals surface area contributed by atoms with E-state index in [4.69, 9.17) is 14.2 Å². The Morgan fingerprint density at radius 2 is 1.65 bits per heavy atom. The highest BCUT2D eigenvalue weighted by Gasteiger charge is 2.15.